The monoisotopic (exact) mass is 197 g/mol. The average Bonchev–Trinajstić information content (AvgIpc) is 2.20. The van der Waals surface area contributed by atoms with Gasteiger partial charge in [0.25, 0.3) is 0 Å². The van der Waals surface area contributed by atoms with Crippen LogP contribution in [0.3, 0.4) is 0 Å². The smallest absolute Gasteiger partial charge is 0.0689 e. The fourth-order valence-corrected chi connectivity index (χ4v) is 2.63. The number of nitrogens with zero attached hydrogens (tertiary/aromatic N) is 1. The summed E-state index contributed by atoms with van der Waals surface area (Å²) in [5.41, 5.74) is 0.0635. The van der Waals surface area contributed by atoms with Crippen LogP contribution in [0.4, 0.5) is 0 Å². The van der Waals surface area contributed by atoms with E-state index in [2.05, 4.69) is 12.3 Å². The van der Waals surface area contributed by atoms with Gasteiger partial charge in [-0.1, -0.05) is 19.3 Å². The molecule has 0 heterocycles. The lowest BCUT2D eigenvalue weighted by atomic mass is 9.72. The van der Waals surface area contributed by atoms with Crippen molar-refractivity contribution in [2.75, 3.05) is 12.0 Å². The van der Waals surface area contributed by atoms with E-state index in [9.17, 15) is 5.26 Å². The average molecular weight is 197 g/mol. The second-order valence-electron chi connectivity index (χ2n) is 4.05. The maximum absolute atomic E-state index is 9.18. The van der Waals surface area contributed by atoms with Crippen LogP contribution in [-0.4, -0.2) is 12.0 Å². The van der Waals surface area contributed by atoms with Crippen LogP contribution in [0.1, 0.15) is 44.9 Å². The topological polar surface area (TPSA) is 23.8 Å². The van der Waals surface area contributed by atoms with Gasteiger partial charge in [0.15, 0.2) is 0 Å². The van der Waals surface area contributed by atoms with E-state index in [1.54, 1.807) is 0 Å². The van der Waals surface area contributed by atoms with E-state index in [0.717, 1.165) is 19.3 Å². The molecule has 0 bridgehead atoms. The van der Waals surface area contributed by atoms with Gasteiger partial charge < -0.3 is 0 Å². The zero-order valence-corrected chi connectivity index (χ0v) is 9.33. The normalized spacial score (nSPS) is 20.9. The quantitative estimate of drug-likeness (QED) is 0.643. The first-order valence-electron chi connectivity index (χ1n) is 5.23. The predicted octanol–water partition coefficient (Wildman–Crippen LogP) is 3.60. The molecule has 0 atom stereocenters. The van der Waals surface area contributed by atoms with Crippen LogP contribution in [0.15, 0.2) is 0 Å². The minimum Gasteiger partial charge on any atom is -0.198 e. The Bertz CT molecular complexity index is 177. The molecule has 0 aromatic heterocycles. The van der Waals surface area contributed by atoms with Crippen molar-refractivity contribution in [1.82, 2.24) is 0 Å². The molecule has 1 fully saturated rings. The Morgan fingerprint density at radius 2 is 2.00 bits per heavy atom. The van der Waals surface area contributed by atoms with Gasteiger partial charge in [-0.2, -0.15) is 17.0 Å². The summed E-state index contributed by atoms with van der Waals surface area (Å²) in [6.45, 7) is 0. The summed E-state index contributed by atoms with van der Waals surface area (Å²) in [6, 6.07) is 2.57. The third-order valence-electron chi connectivity index (χ3n) is 3.05. The minimum atomic E-state index is 0.0635. The lowest BCUT2D eigenvalue weighted by Crippen LogP contribution is -2.22. The van der Waals surface area contributed by atoms with Crippen molar-refractivity contribution < 1.29 is 0 Å². The van der Waals surface area contributed by atoms with Gasteiger partial charge in [-0.25, -0.2) is 0 Å². The van der Waals surface area contributed by atoms with E-state index in [1.807, 2.05) is 11.8 Å². The molecule has 2 heteroatoms. The lowest BCUT2D eigenvalue weighted by Gasteiger charge is -2.30. The van der Waals surface area contributed by atoms with Gasteiger partial charge in [0.1, 0.15) is 0 Å². The van der Waals surface area contributed by atoms with Crippen molar-refractivity contribution >= 4 is 11.8 Å². The number of hydrogen-bond acceptors (Lipinski definition) is 2. The SMILES string of the molecule is CSCCCC1(C#N)CCCCC1. The molecule has 1 nitrogen and oxygen atoms in total. The minimum absolute atomic E-state index is 0.0635. The highest BCUT2D eigenvalue weighted by Crippen LogP contribution is 2.39. The summed E-state index contributed by atoms with van der Waals surface area (Å²) >= 11 is 1.89. The summed E-state index contributed by atoms with van der Waals surface area (Å²) in [5.74, 6) is 1.21. The molecule has 0 aromatic rings. The largest absolute Gasteiger partial charge is 0.198 e. The molecule has 1 aliphatic rings. The molecular weight excluding hydrogens is 178 g/mol. The van der Waals surface area contributed by atoms with E-state index in [4.69, 9.17) is 0 Å². The first-order chi connectivity index (χ1) is 6.33. The maximum atomic E-state index is 9.18. The number of hydrogen-bond donors (Lipinski definition) is 0. The van der Waals surface area contributed by atoms with Gasteiger partial charge >= 0.3 is 0 Å². The van der Waals surface area contributed by atoms with Gasteiger partial charge in [0.05, 0.1) is 11.5 Å². The summed E-state index contributed by atoms with van der Waals surface area (Å²) in [6.07, 6.45) is 10.7. The van der Waals surface area contributed by atoms with Crippen molar-refractivity contribution in [2.24, 2.45) is 5.41 Å². The fraction of sp³-hybridized carbons (Fsp3) is 0.909. The maximum Gasteiger partial charge on any atom is 0.0689 e. The molecule has 0 radical (unpaired) electrons. The molecule has 1 aliphatic carbocycles. The Morgan fingerprint density at radius 3 is 2.54 bits per heavy atom. The molecule has 0 amide bonds. The zero-order valence-electron chi connectivity index (χ0n) is 8.51. The van der Waals surface area contributed by atoms with E-state index in [0.29, 0.717) is 0 Å². The highest BCUT2D eigenvalue weighted by Gasteiger charge is 2.30. The van der Waals surface area contributed by atoms with Crippen LogP contribution in [0, 0.1) is 16.7 Å². The van der Waals surface area contributed by atoms with Gasteiger partial charge in [0.2, 0.25) is 0 Å². The van der Waals surface area contributed by atoms with Gasteiger partial charge in [-0.05, 0) is 37.7 Å². The van der Waals surface area contributed by atoms with Crippen molar-refractivity contribution in [3.05, 3.63) is 0 Å². The van der Waals surface area contributed by atoms with E-state index < -0.39 is 0 Å². The molecule has 13 heavy (non-hydrogen) atoms. The molecule has 0 spiro atoms. The van der Waals surface area contributed by atoms with Gasteiger partial charge in [-0.15, -0.1) is 0 Å². The van der Waals surface area contributed by atoms with Gasteiger partial charge in [0, 0.05) is 0 Å². The third-order valence-corrected chi connectivity index (χ3v) is 3.75. The molecule has 0 aromatic carbocycles. The Morgan fingerprint density at radius 1 is 1.31 bits per heavy atom. The van der Waals surface area contributed by atoms with Crippen molar-refractivity contribution in [3.8, 4) is 6.07 Å². The molecular formula is C11H19NS. The molecule has 1 saturated carbocycles. The second kappa shape index (κ2) is 5.54. The highest BCUT2D eigenvalue weighted by molar-refractivity contribution is 7.98. The Hall–Kier alpha value is -0.160. The number of thioether (sulfide) groups is 1. The van der Waals surface area contributed by atoms with Crippen molar-refractivity contribution in [3.63, 3.8) is 0 Å². The standard InChI is InChI=1S/C11H19NS/c1-13-9-5-8-11(10-12)6-3-2-4-7-11/h2-9H2,1H3. The highest BCUT2D eigenvalue weighted by atomic mass is 32.2. The number of nitriles is 1. The van der Waals surface area contributed by atoms with Gasteiger partial charge in [-0.3, -0.25) is 0 Å². The molecule has 0 N–H and O–H groups in total. The van der Waals surface area contributed by atoms with Crippen molar-refractivity contribution in [2.45, 2.75) is 44.9 Å². The van der Waals surface area contributed by atoms with Crippen LogP contribution < -0.4 is 0 Å². The van der Waals surface area contributed by atoms with Crippen molar-refractivity contribution in [1.29, 1.82) is 5.26 Å². The summed E-state index contributed by atoms with van der Waals surface area (Å²) < 4.78 is 0. The lowest BCUT2D eigenvalue weighted by molar-refractivity contribution is 0.248. The van der Waals surface area contributed by atoms with Crippen LogP contribution in [0.2, 0.25) is 0 Å². The molecule has 0 aliphatic heterocycles. The molecule has 0 saturated heterocycles. The Labute approximate surface area is 85.9 Å². The van der Waals surface area contributed by atoms with E-state index in [-0.39, 0.29) is 5.41 Å². The second-order valence-corrected chi connectivity index (χ2v) is 5.03. The predicted molar refractivity (Wildman–Crippen MR) is 58.7 cm³/mol. The molecule has 74 valence electrons. The first-order valence-corrected chi connectivity index (χ1v) is 6.63. The molecule has 0 unspecified atom stereocenters. The van der Waals surface area contributed by atoms with E-state index >= 15 is 0 Å². The molecule has 1 rings (SSSR count). The Balaban J connectivity index is 2.35. The fourth-order valence-electron chi connectivity index (χ4n) is 2.20. The zero-order chi connectivity index (χ0) is 9.57. The summed E-state index contributed by atoms with van der Waals surface area (Å²) in [5, 5.41) is 9.18. The number of rotatable bonds is 4. The van der Waals surface area contributed by atoms with Crippen LogP contribution in [0.5, 0.6) is 0 Å². The van der Waals surface area contributed by atoms with Crippen LogP contribution in [-0.2, 0) is 0 Å². The van der Waals surface area contributed by atoms with Crippen LogP contribution >= 0.6 is 11.8 Å². The Kier molecular flexibility index (Phi) is 4.66. The van der Waals surface area contributed by atoms with Crippen LogP contribution in [0.25, 0.3) is 0 Å². The summed E-state index contributed by atoms with van der Waals surface area (Å²) in [7, 11) is 0. The third kappa shape index (κ3) is 3.23. The van der Waals surface area contributed by atoms with E-state index in [1.165, 1.54) is 31.4 Å². The summed E-state index contributed by atoms with van der Waals surface area (Å²) in [4.78, 5) is 0. The first kappa shape index (κ1) is 10.9.